The van der Waals surface area contributed by atoms with Gasteiger partial charge in [0.25, 0.3) is 0 Å². The van der Waals surface area contributed by atoms with Crippen LogP contribution in [0.3, 0.4) is 0 Å². The molecule has 1 unspecified atom stereocenters. The van der Waals surface area contributed by atoms with Gasteiger partial charge in [0.2, 0.25) is 0 Å². The van der Waals surface area contributed by atoms with Crippen molar-refractivity contribution < 1.29 is 5.11 Å². The fourth-order valence-corrected chi connectivity index (χ4v) is 3.28. The van der Waals surface area contributed by atoms with Gasteiger partial charge in [-0.25, -0.2) is 0 Å². The van der Waals surface area contributed by atoms with Crippen molar-refractivity contribution in [1.29, 1.82) is 0 Å². The van der Waals surface area contributed by atoms with Crippen molar-refractivity contribution in [3.8, 4) is 0 Å². The number of aliphatic hydroxyl groups excluding tert-OH is 1. The lowest BCUT2D eigenvalue weighted by Gasteiger charge is -2.38. The van der Waals surface area contributed by atoms with Crippen LogP contribution in [0.1, 0.15) is 40.0 Å². The van der Waals surface area contributed by atoms with Crippen LogP contribution in [0.25, 0.3) is 0 Å². The van der Waals surface area contributed by atoms with Crippen molar-refractivity contribution in [1.82, 2.24) is 5.32 Å². The molecular formula is C14H23NO. The third-order valence-corrected chi connectivity index (χ3v) is 3.85. The van der Waals surface area contributed by atoms with Crippen LogP contribution in [0.5, 0.6) is 0 Å². The van der Waals surface area contributed by atoms with Crippen LogP contribution in [0.2, 0.25) is 0 Å². The van der Waals surface area contributed by atoms with E-state index in [1.807, 2.05) is 0 Å². The summed E-state index contributed by atoms with van der Waals surface area (Å²) < 4.78 is 0. The van der Waals surface area contributed by atoms with Gasteiger partial charge >= 0.3 is 0 Å². The molecule has 2 heteroatoms. The van der Waals surface area contributed by atoms with Crippen LogP contribution in [-0.4, -0.2) is 23.8 Å². The number of hydrogen-bond donors (Lipinski definition) is 2. The lowest BCUT2D eigenvalue weighted by Crippen LogP contribution is -2.45. The van der Waals surface area contributed by atoms with E-state index in [-0.39, 0.29) is 17.6 Å². The van der Waals surface area contributed by atoms with E-state index in [4.69, 9.17) is 0 Å². The van der Waals surface area contributed by atoms with E-state index in [9.17, 15) is 5.11 Å². The monoisotopic (exact) mass is 221 g/mol. The molecular weight excluding hydrogens is 198 g/mol. The van der Waals surface area contributed by atoms with Gasteiger partial charge in [0, 0.05) is 11.5 Å². The summed E-state index contributed by atoms with van der Waals surface area (Å²) in [4.78, 5) is 0. The zero-order chi connectivity index (χ0) is 11.8. The van der Waals surface area contributed by atoms with Crippen LogP contribution >= 0.6 is 0 Å². The summed E-state index contributed by atoms with van der Waals surface area (Å²) in [5, 5.41) is 13.9. The van der Waals surface area contributed by atoms with E-state index >= 15 is 0 Å². The SMILES string of the molecule is CC1=CC(C)([C@@H](O)[C@@H]2CCCN2)CC(C)=C1. The molecule has 2 rings (SSSR count). The molecule has 2 N–H and O–H groups in total. The third kappa shape index (κ3) is 2.23. The summed E-state index contributed by atoms with van der Waals surface area (Å²) in [6.45, 7) is 7.51. The maximum absolute atomic E-state index is 10.5. The second-order valence-electron chi connectivity index (χ2n) is 5.71. The first-order valence-electron chi connectivity index (χ1n) is 6.29. The van der Waals surface area contributed by atoms with Crippen LogP contribution in [0, 0.1) is 5.41 Å². The molecule has 0 amide bonds. The second-order valence-corrected chi connectivity index (χ2v) is 5.71. The van der Waals surface area contributed by atoms with Gasteiger partial charge < -0.3 is 10.4 Å². The summed E-state index contributed by atoms with van der Waals surface area (Å²) in [5.74, 6) is 0. The highest BCUT2D eigenvalue weighted by Gasteiger charge is 2.38. The Morgan fingerprint density at radius 3 is 2.81 bits per heavy atom. The fourth-order valence-electron chi connectivity index (χ4n) is 3.28. The molecule has 1 heterocycles. The summed E-state index contributed by atoms with van der Waals surface area (Å²) in [6.07, 6.45) is 7.46. The van der Waals surface area contributed by atoms with E-state index in [1.54, 1.807) is 0 Å². The molecule has 1 aliphatic heterocycles. The average molecular weight is 221 g/mol. The number of allylic oxidation sites excluding steroid dienone is 3. The van der Waals surface area contributed by atoms with Crippen molar-refractivity contribution >= 4 is 0 Å². The zero-order valence-electron chi connectivity index (χ0n) is 10.6. The molecule has 0 aromatic heterocycles. The molecule has 1 fully saturated rings. The molecule has 1 saturated heterocycles. The highest BCUT2D eigenvalue weighted by atomic mass is 16.3. The Morgan fingerprint density at radius 1 is 1.50 bits per heavy atom. The van der Waals surface area contributed by atoms with Crippen LogP contribution in [0.4, 0.5) is 0 Å². The first kappa shape index (κ1) is 11.9. The molecule has 0 aromatic carbocycles. The minimum Gasteiger partial charge on any atom is -0.391 e. The molecule has 3 atom stereocenters. The van der Waals surface area contributed by atoms with Gasteiger partial charge in [-0.05, 0) is 39.7 Å². The Morgan fingerprint density at radius 2 is 2.25 bits per heavy atom. The largest absolute Gasteiger partial charge is 0.391 e. The highest BCUT2D eigenvalue weighted by Crippen LogP contribution is 2.39. The molecule has 2 aliphatic rings. The van der Waals surface area contributed by atoms with Crippen molar-refractivity contribution in [2.45, 2.75) is 52.2 Å². The van der Waals surface area contributed by atoms with Crippen LogP contribution in [0.15, 0.2) is 23.3 Å². The Hall–Kier alpha value is -0.600. The van der Waals surface area contributed by atoms with Crippen molar-refractivity contribution in [2.24, 2.45) is 5.41 Å². The minimum atomic E-state index is -0.270. The summed E-state index contributed by atoms with van der Waals surface area (Å²) in [6, 6.07) is 0.278. The summed E-state index contributed by atoms with van der Waals surface area (Å²) in [7, 11) is 0. The van der Waals surface area contributed by atoms with E-state index in [0.29, 0.717) is 0 Å². The highest BCUT2D eigenvalue weighted by molar-refractivity contribution is 5.30. The average Bonchev–Trinajstić information content (AvgIpc) is 2.66. The second kappa shape index (κ2) is 4.34. The Labute approximate surface area is 98.4 Å². The van der Waals surface area contributed by atoms with Crippen LogP contribution < -0.4 is 5.32 Å². The molecule has 2 nitrogen and oxygen atoms in total. The van der Waals surface area contributed by atoms with Crippen molar-refractivity contribution in [3.05, 3.63) is 23.3 Å². The zero-order valence-corrected chi connectivity index (χ0v) is 10.6. The summed E-state index contributed by atoms with van der Waals surface area (Å²) in [5.41, 5.74) is 2.56. The van der Waals surface area contributed by atoms with Gasteiger partial charge in [0.05, 0.1) is 6.10 Å². The number of hydrogen-bond acceptors (Lipinski definition) is 2. The Kier molecular flexibility index (Phi) is 3.22. The predicted octanol–water partition coefficient (Wildman–Crippen LogP) is 2.40. The third-order valence-electron chi connectivity index (χ3n) is 3.85. The predicted molar refractivity (Wildman–Crippen MR) is 67.3 cm³/mol. The van der Waals surface area contributed by atoms with E-state index in [0.717, 1.165) is 19.4 Å². The normalized spacial score (nSPS) is 36.9. The van der Waals surface area contributed by atoms with Gasteiger partial charge in [-0.2, -0.15) is 0 Å². The molecule has 0 saturated carbocycles. The quantitative estimate of drug-likeness (QED) is 0.750. The van der Waals surface area contributed by atoms with Gasteiger partial charge in [-0.15, -0.1) is 0 Å². The van der Waals surface area contributed by atoms with Crippen LogP contribution in [-0.2, 0) is 0 Å². The van der Waals surface area contributed by atoms with Gasteiger partial charge in [0.1, 0.15) is 0 Å². The van der Waals surface area contributed by atoms with Gasteiger partial charge in [-0.3, -0.25) is 0 Å². The lowest BCUT2D eigenvalue weighted by atomic mass is 9.72. The topological polar surface area (TPSA) is 32.3 Å². The smallest absolute Gasteiger partial charge is 0.0784 e. The maximum Gasteiger partial charge on any atom is 0.0784 e. The lowest BCUT2D eigenvalue weighted by molar-refractivity contribution is 0.0399. The first-order valence-corrected chi connectivity index (χ1v) is 6.29. The molecule has 0 aromatic rings. The number of aliphatic hydroxyl groups is 1. The fraction of sp³-hybridized carbons (Fsp3) is 0.714. The van der Waals surface area contributed by atoms with Crippen molar-refractivity contribution in [3.63, 3.8) is 0 Å². The van der Waals surface area contributed by atoms with E-state index in [1.165, 1.54) is 17.6 Å². The maximum atomic E-state index is 10.5. The molecule has 0 bridgehead atoms. The molecule has 0 radical (unpaired) electrons. The molecule has 16 heavy (non-hydrogen) atoms. The van der Waals surface area contributed by atoms with E-state index in [2.05, 4.69) is 38.2 Å². The number of rotatable bonds is 2. The van der Waals surface area contributed by atoms with E-state index < -0.39 is 0 Å². The summed E-state index contributed by atoms with van der Waals surface area (Å²) >= 11 is 0. The van der Waals surface area contributed by atoms with Crippen molar-refractivity contribution in [2.75, 3.05) is 6.54 Å². The van der Waals surface area contributed by atoms with Gasteiger partial charge in [0.15, 0.2) is 0 Å². The van der Waals surface area contributed by atoms with Gasteiger partial charge in [-0.1, -0.05) is 30.2 Å². The Balaban J connectivity index is 2.15. The molecule has 0 spiro atoms. The number of nitrogens with one attached hydrogen (secondary N) is 1. The molecule has 90 valence electrons. The standard InChI is InChI=1S/C14H23NO/c1-10-7-11(2)9-14(3,8-10)13(16)12-5-4-6-15-12/h7-8,12-13,15-16H,4-6,9H2,1-3H3/t12-,13-,14?/m0/s1. The molecule has 1 aliphatic carbocycles. The minimum absolute atomic E-state index is 0.0923. The first-order chi connectivity index (χ1) is 7.51. The Bertz CT molecular complexity index is 326.